The van der Waals surface area contributed by atoms with Crippen LogP contribution in [0.4, 0.5) is 0 Å². The molecule has 1 heterocycles. The quantitative estimate of drug-likeness (QED) is 0.620. The lowest BCUT2D eigenvalue weighted by Gasteiger charge is -2.52. The number of carbonyl (C=O) groups is 3. The molecule has 3 aromatic rings. The second-order valence-electron chi connectivity index (χ2n) is 8.77. The number of likely N-dealkylation sites (tertiary alicyclic amines) is 1. The standard InChI is InChI=1S/C27H21NO3/c1-16(29)27-20-13-7-5-11-18(20)22(19-12-6-8-14-21(19)27)23-24(27)26(31)28(25(23)30)15-17-9-3-2-4-10-17/h2-14,22-24H,15H2,1H3/t22?,23-,24-,27?/m1/s1. The van der Waals surface area contributed by atoms with Crippen molar-refractivity contribution in [2.24, 2.45) is 11.8 Å². The van der Waals surface area contributed by atoms with Crippen LogP contribution in [0.25, 0.3) is 0 Å². The van der Waals surface area contributed by atoms with Crippen molar-refractivity contribution in [2.75, 3.05) is 0 Å². The second-order valence-corrected chi connectivity index (χ2v) is 8.77. The predicted octanol–water partition coefficient (Wildman–Crippen LogP) is 3.82. The second kappa shape index (κ2) is 6.24. The zero-order chi connectivity index (χ0) is 21.3. The lowest BCUT2D eigenvalue weighted by atomic mass is 9.46. The van der Waals surface area contributed by atoms with Gasteiger partial charge in [0.05, 0.1) is 23.8 Å². The van der Waals surface area contributed by atoms with Crippen LogP contribution in [0.15, 0.2) is 78.9 Å². The van der Waals surface area contributed by atoms with Crippen molar-refractivity contribution in [1.29, 1.82) is 0 Å². The minimum atomic E-state index is -1.12. The number of rotatable bonds is 3. The van der Waals surface area contributed by atoms with Gasteiger partial charge in [-0.05, 0) is 34.7 Å². The normalized spacial score (nSPS) is 27.6. The van der Waals surface area contributed by atoms with E-state index in [1.54, 1.807) is 6.92 Å². The van der Waals surface area contributed by atoms with Gasteiger partial charge in [-0.1, -0.05) is 78.9 Å². The van der Waals surface area contributed by atoms with Crippen LogP contribution < -0.4 is 0 Å². The van der Waals surface area contributed by atoms with E-state index in [2.05, 4.69) is 0 Å². The van der Waals surface area contributed by atoms with E-state index in [0.717, 1.165) is 27.8 Å². The largest absolute Gasteiger partial charge is 0.299 e. The molecule has 0 N–H and O–H groups in total. The van der Waals surface area contributed by atoms with Crippen molar-refractivity contribution >= 4 is 17.6 Å². The first-order valence-electron chi connectivity index (χ1n) is 10.7. The molecule has 31 heavy (non-hydrogen) atoms. The van der Waals surface area contributed by atoms with Gasteiger partial charge in [0.15, 0.2) is 0 Å². The van der Waals surface area contributed by atoms with Gasteiger partial charge >= 0.3 is 0 Å². The molecule has 1 aliphatic heterocycles. The van der Waals surface area contributed by atoms with E-state index in [1.165, 1.54) is 4.90 Å². The minimum absolute atomic E-state index is 0.0803. The van der Waals surface area contributed by atoms with Gasteiger partial charge in [-0.15, -0.1) is 0 Å². The summed E-state index contributed by atoms with van der Waals surface area (Å²) < 4.78 is 0. The Morgan fingerprint density at radius 1 is 0.806 bits per heavy atom. The van der Waals surface area contributed by atoms with Gasteiger partial charge < -0.3 is 0 Å². The molecule has 4 heteroatoms. The van der Waals surface area contributed by atoms with E-state index in [4.69, 9.17) is 0 Å². The summed E-state index contributed by atoms with van der Waals surface area (Å²) in [5, 5.41) is 0. The van der Waals surface area contributed by atoms with Gasteiger partial charge in [0.2, 0.25) is 11.8 Å². The fraction of sp³-hybridized carbons (Fsp3) is 0.222. The third-order valence-corrected chi connectivity index (χ3v) is 7.45. The fourth-order valence-electron chi connectivity index (χ4n) is 6.35. The number of Topliss-reactive ketones (excluding diaryl/α,β-unsaturated/α-hetero) is 1. The third-order valence-electron chi connectivity index (χ3n) is 7.45. The molecule has 7 rings (SSSR count). The average molecular weight is 407 g/mol. The molecule has 0 saturated carbocycles. The highest BCUT2D eigenvalue weighted by atomic mass is 16.2. The van der Waals surface area contributed by atoms with Crippen LogP contribution in [-0.2, 0) is 26.3 Å². The van der Waals surface area contributed by atoms with E-state index in [1.807, 2.05) is 78.9 Å². The molecular formula is C27H21NO3. The highest BCUT2D eigenvalue weighted by Crippen LogP contribution is 2.64. The van der Waals surface area contributed by atoms with E-state index in [9.17, 15) is 14.4 Å². The summed E-state index contributed by atoms with van der Waals surface area (Å²) >= 11 is 0. The van der Waals surface area contributed by atoms with Crippen LogP contribution in [-0.4, -0.2) is 22.5 Å². The first-order valence-corrected chi connectivity index (χ1v) is 10.7. The van der Waals surface area contributed by atoms with E-state index in [-0.39, 0.29) is 30.1 Å². The number of amides is 2. The highest BCUT2D eigenvalue weighted by Gasteiger charge is 2.69. The zero-order valence-electron chi connectivity index (χ0n) is 17.1. The van der Waals surface area contributed by atoms with Crippen molar-refractivity contribution in [3.63, 3.8) is 0 Å². The van der Waals surface area contributed by atoms with Gasteiger partial charge in [0, 0.05) is 5.92 Å². The molecule has 2 atom stereocenters. The fourth-order valence-corrected chi connectivity index (χ4v) is 6.35. The number of hydrogen-bond donors (Lipinski definition) is 0. The molecule has 2 bridgehead atoms. The van der Waals surface area contributed by atoms with Crippen LogP contribution in [0.3, 0.4) is 0 Å². The maximum atomic E-state index is 13.8. The summed E-state index contributed by atoms with van der Waals surface area (Å²) in [7, 11) is 0. The van der Waals surface area contributed by atoms with Gasteiger partial charge in [-0.25, -0.2) is 0 Å². The summed E-state index contributed by atoms with van der Waals surface area (Å²) in [6.45, 7) is 1.80. The summed E-state index contributed by atoms with van der Waals surface area (Å²) in [5.74, 6) is -1.94. The molecule has 3 aliphatic carbocycles. The lowest BCUT2D eigenvalue weighted by Crippen LogP contribution is -2.57. The summed E-state index contributed by atoms with van der Waals surface area (Å²) in [5.41, 5.74) is 3.55. The molecule has 0 aromatic heterocycles. The van der Waals surface area contributed by atoms with Crippen LogP contribution in [0.2, 0.25) is 0 Å². The van der Waals surface area contributed by atoms with Crippen molar-refractivity contribution < 1.29 is 14.4 Å². The van der Waals surface area contributed by atoms with Crippen molar-refractivity contribution in [1.82, 2.24) is 4.90 Å². The Balaban J connectivity index is 1.61. The molecule has 1 fully saturated rings. The molecule has 1 saturated heterocycles. The third kappa shape index (κ3) is 2.12. The molecule has 0 radical (unpaired) electrons. The molecular weight excluding hydrogens is 386 g/mol. The molecule has 3 aromatic carbocycles. The maximum Gasteiger partial charge on any atom is 0.235 e. The number of ketones is 1. The van der Waals surface area contributed by atoms with Crippen molar-refractivity contribution in [2.45, 2.75) is 24.8 Å². The van der Waals surface area contributed by atoms with E-state index >= 15 is 0 Å². The van der Waals surface area contributed by atoms with Gasteiger partial charge in [-0.3, -0.25) is 19.3 Å². The number of hydrogen-bond acceptors (Lipinski definition) is 3. The number of nitrogens with zero attached hydrogens (tertiary/aromatic N) is 1. The maximum absolute atomic E-state index is 13.8. The molecule has 4 nitrogen and oxygen atoms in total. The summed E-state index contributed by atoms with van der Waals surface area (Å²) in [6.07, 6.45) is 0. The number of benzene rings is 3. The van der Waals surface area contributed by atoms with Crippen LogP contribution >= 0.6 is 0 Å². The van der Waals surface area contributed by atoms with Gasteiger partial charge in [-0.2, -0.15) is 0 Å². The summed E-state index contributed by atoms with van der Waals surface area (Å²) in [4.78, 5) is 42.4. The average Bonchev–Trinajstić information content (AvgIpc) is 3.05. The van der Waals surface area contributed by atoms with Crippen LogP contribution in [0.5, 0.6) is 0 Å². The van der Waals surface area contributed by atoms with Crippen LogP contribution in [0, 0.1) is 11.8 Å². The molecule has 2 amide bonds. The Bertz CT molecular complexity index is 1210. The predicted molar refractivity (Wildman–Crippen MR) is 115 cm³/mol. The molecule has 4 aliphatic rings. The van der Waals surface area contributed by atoms with Crippen LogP contribution in [0.1, 0.15) is 40.7 Å². The molecule has 0 spiro atoms. The Kier molecular flexibility index (Phi) is 3.67. The lowest BCUT2D eigenvalue weighted by molar-refractivity contribution is -0.142. The first-order chi connectivity index (χ1) is 15.1. The van der Waals surface area contributed by atoms with Crippen molar-refractivity contribution in [3.05, 3.63) is 107 Å². The number of carbonyl (C=O) groups excluding carboxylic acids is 3. The SMILES string of the molecule is CC(=O)C12c3ccccc3C(c3ccccc31)[C@H]1C(=O)N(Cc3ccccc3)C(=O)[C@@H]12. The van der Waals surface area contributed by atoms with Gasteiger partial charge in [0.25, 0.3) is 0 Å². The molecule has 0 unspecified atom stereocenters. The minimum Gasteiger partial charge on any atom is -0.299 e. The Labute approximate surface area is 180 Å². The first kappa shape index (κ1) is 18.3. The van der Waals surface area contributed by atoms with Crippen molar-refractivity contribution in [3.8, 4) is 0 Å². The Morgan fingerprint density at radius 3 is 1.94 bits per heavy atom. The monoisotopic (exact) mass is 407 g/mol. The highest BCUT2D eigenvalue weighted by molar-refractivity contribution is 6.12. The van der Waals surface area contributed by atoms with Gasteiger partial charge in [0.1, 0.15) is 5.78 Å². The Morgan fingerprint density at radius 2 is 1.35 bits per heavy atom. The topological polar surface area (TPSA) is 54.5 Å². The van der Waals surface area contributed by atoms with E-state index in [0.29, 0.717) is 0 Å². The smallest absolute Gasteiger partial charge is 0.235 e. The number of imide groups is 1. The summed E-state index contributed by atoms with van der Waals surface area (Å²) in [6, 6.07) is 25.3. The molecule has 152 valence electrons. The zero-order valence-corrected chi connectivity index (χ0v) is 17.1. The Hall–Kier alpha value is -3.53. The van der Waals surface area contributed by atoms with E-state index < -0.39 is 17.3 Å².